The molecule has 1 aromatic rings. The average molecular weight is 359 g/mol. The van der Waals surface area contributed by atoms with Gasteiger partial charge >= 0.3 is 0 Å². The number of nitrogens with zero attached hydrogens (tertiary/aromatic N) is 2. The molecule has 1 saturated heterocycles. The second kappa shape index (κ2) is 6.20. The quantitative estimate of drug-likeness (QED) is 0.714. The maximum absolute atomic E-state index is 12.2. The molecule has 2 aliphatic heterocycles. The highest BCUT2D eigenvalue weighted by molar-refractivity contribution is 8.18. The number of hydrogen-bond donors (Lipinski definition) is 0. The predicted octanol–water partition coefficient (Wildman–Crippen LogP) is 4.77. The molecule has 0 saturated carbocycles. The van der Waals surface area contributed by atoms with Gasteiger partial charge < -0.3 is 4.90 Å². The molecule has 5 heteroatoms. The number of imide groups is 1. The Hall–Kier alpha value is -1.75. The minimum Gasteiger partial charge on any atom is -0.366 e. The highest BCUT2D eigenvalue weighted by atomic mass is 32.2. The second-order valence-electron chi connectivity index (χ2n) is 7.67. The van der Waals surface area contributed by atoms with E-state index in [2.05, 4.69) is 51.7 Å². The highest BCUT2D eigenvalue weighted by Crippen LogP contribution is 2.44. The van der Waals surface area contributed by atoms with Crippen molar-refractivity contribution in [2.75, 3.05) is 18.5 Å². The zero-order valence-electron chi connectivity index (χ0n) is 15.8. The smallest absolute Gasteiger partial charge is 0.293 e. The second-order valence-corrected chi connectivity index (χ2v) is 8.66. The molecular formula is C20H26N2O2S. The molecule has 4 nitrogen and oxygen atoms in total. The fourth-order valence-electron chi connectivity index (χ4n) is 4.09. The van der Waals surface area contributed by atoms with Crippen molar-refractivity contribution in [3.63, 3.8) is 0 Å². The topological polar surface area (TPSA) is 40.6 Å². The van der Waals surface area contributed by atoms with Crippen molar-refractivity contribution >= 4 is 34.7 Å². The van der Waals surface area contributed by atoms with Crippen molar-refractivity contribution < 1.29 is 9.59 Å². The predicted molar refractivity (Wildman–Crippen MR) is 105 cm³/mol. The van der Waals surface area contributed by atoms with Crippen LogP contribution >= 0.6 is 11.8 Å². The Kier molecular flexibility index (Phi) is 4.48. The molecule has 2 heterocycles. The molecule has 0 spiro atoms. The first-order valence-electron chi connectivity index (χ1n) is 8.79. The first-order valence-corrected chi connectivity index (χ1v) is 9.61. The minimum atomic E-state index is -0.212. The van der Waals surface area contributed by atoms with Crippen LogP contribution in [0.5, 0.6) is 0 Å². The first-order chi connectivity index (χ1) is 11.7. The molecule has 2 amide bonds. The molecule has 25 heavy (non-hydrogen) atoms. The third kappa shape index (κ3) is 2.99. The Morgan fingerprint density at radius 1 is 1.32 bits per heavy atom. The number of amides is 2. The zero-order valence-corrected chi connectivity index (χ0v) is 16.7. The Bertz CT molecular complexity index is 782. The van der Waals surface area contributed by atoms with Gasteiger partial charge in [-0.1, -0.05) is 6.92 Å². The molecule has 2 aliphatic rings. The largest absolute Gasteiger partial charge is 0.366 e. The van der Waals surface area contributed by atoms with Crippen molar-refractivity contribution in [3.8, 4) is 0 Å². The average Bonchev–Trinajstić information content (AvgIpc) is 2.75. The monoisotopic (exact) mass is 358 g/mol. The number of likely N-dealkylation sites (N-methyl/N-ethyl adjacent to an activating group) is 1. The van der Waals surface area contributed by atoms with Crippen LogP contribution in [-0.4, -0.2) is 35.2 Å². The summed E-state index contributed by atoms with van der Waals surface area (Å²) in [5, 5.41) is -0.209. The van der Waals surface area contributed by atoms with Crippen molar-refractivity contribution in [3.05, 3.63) is 33.7 Å². The third-order valence-corrected chi connectivity index (χ3v) is 6.32. The fraction of sp³-hybridized carbons (Fsp3) is 0.500. The van der Waals surface area contributed by atoms with E-state index in [1.807, 2.05) is 6.08 Å². The Labute approximate surface area is 154 Å². The number of rotatable bonds is 2. The van der Waals surface area contributed by atoms with E-state index in [1.165, 1.54) is 23.2 Å². The molecule has 0 N–H and O–H groups in total. The van der Waals surface area contributed by atoms with Gasteiger partial charge in [0.15, 0.2) is 0 Å². The summed E-state index contributed by atoms with van der Waals surface area (Å²) in [6.07, 6.45) is 2.97. The number of thioether (sulfide) groups is 1. The van der Waals surface area contributed by atoms with Crippen LogP contribution in [0.4, 0.5) is 10.5 Å². The van der Waals surface area contributed by atoms with Gasteiger partial charge in [-0.3, -0.25) is 14.5 Å². The molecule has 0 aliphatic carbocycles. The highest BCUT2D eigenvalue weighted by Gasteiger charge is 2.36. The number of aryl methyl sites for hydroxylation is 1. The number of carbonyl (C=O) groups is 2. The van der Waals surface area contributed by atoms with E-state index in [-0.39, 0.29) is 16.7 Å². The SMILES string of the molecule is CCN1c2cc(C)c(/C=C3/SC(=O)N(C)C3=O)cc2C(C)CC1(C)C. The van der Waals surface area contributed by atoms with E-state index in [4.69, 9.17) is 0 Å². The van der Waals surface area contributed by atoms with Crippen LogP contribution in [0.25, 0.3) is 6.08 Å². The van der Waals surface area contributed by atoms with Crippen molar-refractivity contribution in [1.29, 1.82) is 0 Å². The molecule has 1 aromatic carbocycles. The summed E-state index contributed by atoms with van der Waals surface area (Å²) in [5.74, 6) is 0.248. The van der Waals surface area contributed by atoms with Gasteiger partial charge in [-0.25, -0.2) is 0 Å². The van der Waals surface area contributed by atoms with Crippen LogP contribution in [0.2, 0.25) is 0 Å². The van der Waals surface area contributed by atoms with Crippen LogP contribution < -0.4 is 4.90 Å². The Balaban J connectivity index is 2.07. The van der Waals surface area contributed by atoms with Gasteiger partial charge in [0.1, 0.15) is 0 Å². The van der Waals surface area contributed by atoms with E-state index in [1.54, 1.807) is 0 Å². The molecule has 1 fully saturated rings. The van der Waals surface area contributed by atoms with Gasteiger partial charge in [0, 0.05) is 24.8 Å². The lowest BCUT2D eigenvalue weighted by Gasteiger charge is -2.47. The van der Waals surface area contributed by atoms with Gasteiger partial charge in [0.05, 0.1) is 4.91 Å². The number of benzene rings is 1. The molecule has 0 aromatic heterocycles. The molecular weight excluding hydrogens is 332 g/mol. The molecule has 0 radical (unpaired) electrons. The normalized spacial score (nSPS) is 24.2. The number of hydrogen-bond acceptors (Lipinski definition) is 4. The lowest BCUT2D eigenvalue weighted by atomic mass is 9.79. The number of anilines is 1. The Morgan fingerprint density at radius 3 is 2.56 bits per heavy atom. The summed E-state index contributed by atoms with van der Waals surface area (Å²) in [6.45, 7) is 12.1. The summed E-state index contributed by atoms with van der Waals surface area (Å²) in [5.41, 5.74) is 4.92. The van der Waals surface area contributed by atoms with Crippen molar-refractivity contribution in [1.82, 2.24) is 4.90 Å². The summed E-state index contributed by atoms with van der Waals surface area (Å²) < 4.78 is 0. The van der Waals surface area contributed by atoms with Gasteiger partial charge in [-0.2, -0.15) is 0 Å². The van der Waals surface area contributed by atoms with Gasteiger partial charge in [-0.15, -0.1) is 0 Å². The summed E-state index contributed by atoms with van der Waals surface area (Å²) >= 11 is 1.02. The van der Waals surface area contributed by atoms with Crippen LogP contribution in [0.15, 0.2) is 17.0 Å². The van der Waals surface area contributed by atoms with Gasteiger partial charge in [0.2, 0.25) is 0 Å². The summed E-state index contributed by atoms with van der Waals surface area (Å²) in [6, 6.07) is 4.44. The summed E-state index contributed by atoms with van der Waals surface area (Å²) in [7, 11) is 1.53. The van der Waals surface area contributed by atoms with E-state index in [9.17, 15) is 9.59 Å². The van der Waals surface area contributed by atoms with Gasteiger partial charge in [-0.05, 0) is 86.7 Å². The molecule has 3 rings (SSSR count). The molecule has 0 bridgehead atoms. The van der Waals surface area contributed by atoms with Gasteiger partial charge in [0.25, 0.3) is 11.1 Å². The lowest BCUT2D eigenvalue weighted by molar-refractivity contribution is -0.121. The zero-order chi connectivity index (χ0) is 18.5. The number of fused-ring (bicyclic) bond motifs is 1. The van der Waals surface area contributed by atoms with Crippen LogP contribution in [0.1, 0.15) is 56.7 Å². The molecule has 134 valence electrons. The van der Waals surface area contributed by atoms with E-state index in [0.29, 0.717) is 10.8 Å². The van der Waals surface area contributed by atoms with Crippen LogP contribution in [0, 0.1) is 6.92 Å². The van der Waals surface area contributed by atoms with Crippen LogP contribution in [-0.2, 0) is 4.79 Å². The van der Waals surface area contributed by atoms with E-state index >= 15 is 0 Å². The van der Waals surface area contributed by atoms with Crippen molar-refractivity contribution in [2.45, 2.75) is 52.5 Å². The fourth-order valence-corrected chi connectivity index (χ4v) is 4.91. The van der Waals surface area contributed by atoms with E-state index in [0.717, 1.165) is 35.9 Å². The van der Waals surface area contributed by atoms with Crippen molar-refractivity contribution in [2.24, 2.45) is 0 Å². The standard InChI is InChI=1S/C20H26N2O2S/c1-7-22-16-8-12(2)14(9-15(16)13(3)11-20(22,4)5)10-17-18(23)21(6)19(24)25-17/h8-10,13H,7,11H2,1-6H3/b17-10+. The molecule has 1 atom stereocenters. The van der Waals surface area contributed by atoms with Crippen LogP contribution in [0.3, 0.4) is 0 Å². The van der Waals surface area contributed by atoms with E-state index < -0.39 is 0 Å². The number of carbonyl (C=O) groups excluding carboxylic acids is 2. The maximum atomic E-state index is 12.2. The first kappa shape index (κ1) is 18.1. The third-order valence-electron chi connectivity index (χ3n) is 5.36. The maximum Gasteiger partial charge on any atom is 0.293 e. The summed E-state index contributed by atoms with van der Waals surface area (Å²) in [4.78, 5) is 28.1. The molecule has 1 unspecified atom stereocenters. The minimum absolute atomic E-state index is 0.139. The Morgan fingerprint density at radius 2 is 2.00 bits per heavy atom. The lowest BCUT2D eigenvalue weighted by Crippen LogP contribution is -2.48.